The predicted octanol–water partition coefficient (Wildman–Crippen LogP) is 1.28. The van der Waals surface area contributed by atoms with Crippen molar-refractivity contribution in [2.45, 2.75) is 30.7 Å². The minimum atomic E-state index is -3.58. The number of piperidine rings is 1. The van der Waals surface area contributed by atoms with Crippen LogP contribution in [0.25, 0.3) is 0 Å². The highest BCUT2D eigenvalue weighted by atomic mass is 32.2. The smallest absolute Gasteiger partial charge is 0.268 e. The van der Waals surface area contributed by atoms with Gasteiger partial charge in [-0.15, -0.1) is 0 Å². The average Bonchev–Trinajstić information content (AvgIpc) is 3.21. The van der Waals surface area contributed by atoms with Gasteiger partial charge in [0.2, 0.25) is 10.0 Å². The number of nitrogens with zero attached hydrogens (tertiary/aromatic N) is 5. The Bertz CT molecular complexity index is 1050. The van der Waals surface area contributed by atoms with Crippen molar-refractivity contribution in [2.75, 3.05) is 51.2 Å². The molecule has 174 valence electrons. The quantitative estimate of drug-likeness (QED) is 0.698. The second-order valence-electron chi connectivity index (χ2n) is 8.60. The largest absolute Gasteiger partial charge is 0.354 e. The Morgan fingerprint density at radius 2 is 1.78 bits per heavy atom. The summed E-state index contributed by atoms with van der Waals surface area (Å²) in [5.41, 5.74) is 1.27. The number of piperazine rings is 1. The molecule has 0 bridgehead atoms. The number of likely N-dealkylation sites (N-methyl/N-ethyl adjacent to an activating group) is 1. The Labute approximate surface area is 190 Å². The van der Waals surface area contributed by atoms with Crippen molar-refractivity contribution in [3.05, 3.63) is 41.9 Å². The third-order valence-electron chi connectivity index (χ3n) is 6.28. The predicted molar refractivity (Wildman–Crippen MR) is 123 cm³/mol. The molecule has 9 nitrogen and oxygen atoms in total. The Hall–Kier alpha value is -2.43. The van der Waals surface area contributed by atoms with E-state index >= 15 is 0 Å². The number of hydrogen-bond donors (Lipinski definition) is 1. The molecule has 0 atom stereocenters. The van der Waals surface area contributed by atoms with Gasteiger partial charge >= 0.3 is 0 Å². The molecule has 0 saturated carbocycles. The summed E-state index contributed by atoms with van der Waals surface area (Å²) in [7, 11) is 0.228. The van der Waals surface area contributed by atoms with Crippen LogP contribution in [0.3, 0.4) is 0 Å². The number of aromatic nitrogens is 2. The fourth-order valence-corrected chi connectivity index (χ4v) is 5.88. The number of carbonyl (C=O) groups is 1. The van der Waals surface area contributed by atoms with Crippen LogP contribution >= 0.6 is 0 Å². The molecule has 4 rings (SSSR count). The maximum absolute atomic E-state index is 13.0. The maximum atomic E-state index is 13.0. The van der Waals surface area contributed by atoms with E-state index in [0.717, 1.165) is 56.8 Å². The standard InChI is InChI=1S/C22H32N6O3S/c1-25-11-13-27(14-12-25)21-18(7-6-8-23-21)16-24-22(29)20-15-19(17-26(20)2)32(30,31)28-9-4-3-5-10-28/h6-8,15,17H,3-5,9-14,16H2,1-2H3,(H,24,29). The molecule has 2 aromatic rings. The molecule has 4 heterocycles. The summed E-state index contributed by atoms with van der Waals surface area (Å²) in [6.45, 7) is 5.13. The highest BCUT2D eigenvalue weighted by Crippen LogP contribution is 2.23. The molecule has 2 aromatic heterocycles. The van der Waals surface area contributed by atoms with Gasteiger partial charge < -0.3 is 19.7 Å². The number of rotatable bonds is 6. The monoisotopic (exact) mass is 460 g/mol. The number of carbonyl (C=O) groups excluding carboxylic acids is 1. The molecule has 0 spiro atoms. The fraction of sp³-hybridized carbons (Fsp3) is 0.545. The van der Waals surface area contributed by atoms with Crippen LogP contribution in [-0.2, 0) is 23.6 Å². The summed E-state index contributed by atoms with van der Waals surface area (Å²) in [5.74, 6) is 0.585. The zero-order valence-electron chi connectivity index (χ0n) is 18.8. The van der Waals surface area contributed by atoms with Crippen molar-refractivity contribution in [3.63, 3.8) is 0 Å². The van der Waals surface area contributed by atoms with E-state index < -0.39 is 10.0 Å². The molecule has 2 aliphatic rings. The molecule has 0 unspecified atom stereocenters. The minimum absolute atomic E-state index is 0.173. The van der Waals surface area contributed by atoms with Gasteiger partial charge in [0.05, 0.1) is 0 Å². The van der Waals surface area contributed by atoms with E-state index in [-0.39, 0.29) is 10.8 Å². The van der Waals surface area contributed by atoms with Crippen molar-refractivity contribution in [3.8, 4) is 0 Å². The summed E-state index contributed by atoms with van der Waals surface area (Å²) < 4.78 is 29.0. The SMILES string of the molecule is CN1CCN(c2ncccc2CNC(=O)c2cc(S(=O)(=O)N3CCCCC3)cn2C)CC1. The van der Waals surface area contributed by atoms with Gasteiger partial charge in [-0.3, -0.25) is 4.79 Å². The van der Waals surface area contributed by atoms with Gasteiger partial charge in [-0.05, 0) is 32.0 Å². The molecule has 0 radical (unpaired) electrons. The zero-order valence-corrected chi connectivity index (χ0v) is 19.6. The van der Waals surface area contributed by atoms with Crippen molar-refractivity contribution in [2.24, 2.45) is 7.05 Å². The van der Waals surface area contributed by atoms with Crippen LogP contribution < -0.4 is 10.2 Å². The van der Waals surface area contributed by atoms with E-state index in [0.29, 0.717) is 25.3 Å². The molecule has 32 heavy (non-hydrogen) atoms. The van der Waals surface area contributed by atoms with Crippen LogP contribution in [0.1, 0.15) is 35.3 Å². The zero-order chi connectivity index (χ0) is 22.7. The second-order valence-corrected chi connectivity index (χ2v) is 10.5. The molecule has 0 aliphatic carbocycles. The van der Waals surface area contributed by atoms with Crippen molar-refractivity contribution in [1.82, 2.24) is 24.1 Å². The van der Waals surface area contributed by atoms with E-state index in [9.17, 15) is 13.2 Å². The second kappa shape index (κ2) is 9.60. The number of aryl methyl sites for hydroxylation is 1. The van der Waals surface area contributed by atoms with E-state index in [1.165, 1.54) is 16.6 Å². The van der Waals surface area contributed by atoms with Gasteiger partial charge in [0.15, 0.2) is 0 Å². The third-order valence-corrected chi connectivity index (χ3v) is 8.14. The summed E-state index contributed by atoms with van der Waals surface area (Å²) in [5, 5.41) is 2.94. The number of sulfonamides is 1. The van der Waals surface area contributed by atoms with E-state index in [2.05, 4.69) is 27.1 Å². The van der Waals surface area contributed by atoms with Gasteiger partial charge in [0.25, 0.3) is 5.91 Å². The van der Waals surface area contributed by atoms with Gasteiger partial charge in [0, 0.05) is 70.8 Å². The number of nitrogens with one attached hydrogen (secondary N) is 1. The molecule has 1 N–H and O–H groups in total. The Morgan fingerprint density at radius 1 is 1.06 bits per heavy atom. The number of hydrogen-bond acceptors (Lipinski definition) is 6. The molecule has 2 fully saturated rings. The first-order chi connectivity index (χ1) is 15.4. The lowest BCUT2D eigenvalue weighted by atomic mass is 10.2. The molecule has 1 amide bonds. The van der Waals surface area contributed by atoms with Gasteiger partial charge in [0.1, 0.15) is 16.4 Å². The lowest BCUT2D eigenvalue weighted by Crippen LogP contribution is -2.45. The summed E-state index contributed by atoms with van der Waals surface area (Å²) in [4.78, 5) is 22.2. The van der Waals surface area contributed by atoms with Crippen molar-refractivity contribution < 1.29 is 13.2 Å². The Kier molecular flexibility index (Phi) is 6.82. The van der Waals surface area contributed by atoms with E-state index in [4.69, 9.17) is 0 Å². The van der Waals surface area contributed by atoms with E-state index in [1.54, 1.807) is 17.8 Å². The summed E-state index contributed by atoms with van der Waals surface area (Å²) in [6, 6.07) is 5.31. The highest BCUT2D eigenvalue weighted by molar-refractivity contribution is 7.89. The lowest BCUT2D eigenvalue weighted by Gasteiger charge is -2.34. The number of pyridine rings is 1. The van der Waals surface area contributed by atoms with Crippen LogP contribution in [0.5, 0.6) is 0 Å². The first kappa shape index (κ1) is 22.8. The topological polar surface area (TPSA) is 90.8 Å². The molecular formula is C22H32N6O3S. The maximum Gasteiger partial charge on any atom is 0.268 e. The van der Waals surface area contributed by atoms with Crippen molar-refractivity contribution in [1.29, 1.82) is 0 Å². The van der Waals surface area contributed by atoms with Crippen LogP contribution in [0.2, 0.25) is 0 Å². The Morgan fingerprint density at radius 3 is 2.50 bits per heavy atom. The van der Waals surface area contributed by atoms with Gasteiger partial charge in [-0.1, -0.05) is 12.5 Å². The molecule has 0 aromatic carbocycles. The van der Waals surface area contributed by atoms with Gasteiger partial charge in [-0.2, -0.15) is 4.31 Å². The van der Waals surface area contributed by atoms with Crippen molar-refractivity contribution >= 4 is 21.7 Å². The first-order valence-corrected chi connectivity index (χ1v) is 12.6. The molecule has 10 heteroatoms. The minimum Gasteiger partial charge on any atom is -0.354 e. The number of amides is 1. The Balaban J connectivity index is 1.45. The van der Waals surface area contributed by atoms with Crippen LogP contribution in [0, 0.1) is 0 Å². The molecule has 2 saturated heterocycles. The van der Waals surface area contributed by atoms with E-state index in [1.807, 2.05) is 12.1 Å². The van der Waals surface area contributed by atoms with Crippen LogP contribution in [-0.4, -0.2) is 79.4 Å². The summed E-state index contributed by atoms with van der Waals surface area (Å²) in [6.07, 6.45) is 6.10. The molecular weight excluding hydrogens is 428 g/mol. The number of anilines is 1. The van der Waals surface area contributed by atoms with Crippen LogP contribution in [0.15, 0.2) is 35.5 Å². The van der Waals surface area contributed by atoms with Gasteiger partial charge in [-0.25, -0.2) is 13.4 Å². The van der Waals surface area contributed by atoms with Crippen LogP contribution in [0.4, 0.5) is 5.82 Å². The average molecular weight is 461 g/mol. The fourth-order valence-electron chi connectivity index (χ4n) is 4.29. The lowest BCUT2D eigenvalue weighted by molar-refractivity contribution is 0.0943. The first-order valence-electron chi connectivity index (χ1n) is 11.2. The summed E-state index contributed by atoms with van der Waals surface area (Å²) >= 11 is 0. The highest BCUT2D eigenvalue weighted by Gasteiger charge is 2.28. The molecule has 2 aliphatic heterocycles. The normalized spacial score (nSPS) is 18.6. The third kappa shape index (κ3) is 4.82.